The number of fused-ring (bicyclic) bond motifs is 1. The summed E-state index contributed by atoms with van der Waals surface area (Å²) in [6, 6.07) is 13.7. The molecule has 1 atom stereocenters. The Labute approximate surface area is 169 Å². The van der Waals surface area contributed by atoms with Crippen molar-refractivity contribution in [3.05, 3.63) is 58.1 Å². The Morgan fingerprint density at radius 1 is 1.32 bits per heavy atom. The van der Waals surface area contributed by atoms with Crippen molar-refractivity contribution in [1.82, 2.24) is 0 Å². The molecule has 6 heteroatoms. The Bertz CT molecular complexity index is 1010. The van der Waals surface area contributed by atoms with E-state index in [0.29, 0.717) is 23.4 Å². The van der Waals surface area contributed by atoms with Crippen LogP contribution in [0.2, 0.25) is 5.02 Å². The van der Waals surface area contributed by atoms with Crippen LogP contribution in [-0.4, -0.2) is 16.6 Å². The first-order chi connectivity index (χ1) is 13.2. The van der Waals surface area contributed by atoms with Gasteiger partial charge in [-0.1, -0.05) is 37.6 Å². The summed E-state index contributed by atoms with van der Waals surface area (Å²) in [5.41, 5.74) is 3.38. The number of rotatable bonds is 4. The van der Waals surface area contributed by atoms with Gasteiger partial charge in [0, 0.05) is 5.69 Å². The second-order valence-corrected chi connectivity index (χ2v) is 8.82. The molecule has 0 aromatic heterocycles. The molecule has 0 spiro atoms. The lowest BCUT2D eigenvalue weighted by atomic mass is 9.73. The molecule has 1 heterocycles. The van der Waals surface area contributed by atoms with Crippen LogP contribution < -0.4 is 10.6 Å². The molecule has 5 nitrogen and oxygen atoms in total. The van der Waals surface area contributed by atoms with Gasteiger partial charge in [-0.05, 0) is 60.1 Å². The van der Waals surface area contributed by atoms with Crippen molar-refractivity contribution >= 4 is 28.9 Å². The first kappa shape index (κ1) is 18.6. The summed E-state index contributed by atoms with van der Waals surface area (Å²) in [6.07, 6.45) is 2.12. The second kappa shape index (κ2) is 6.42. The zero-order valence-electron chi connectivity index (χ0n) is 15.8. The molecule has 3 N–H and O–H groups in total. The first-order valence-electron chi connectivity index (χ1n) is 9.36. The summed E-state index contributed by atoms with van der Waals surface area (Å²) >= 11 is 6.48. The fraction of sp³-hybridized carbons (Fsp3) is 0.364. The molecular weight excluding hydrogens is 374 g/mol. The third-order valence-electron chi connectivity index (χ3n) is 5.81. The summed E-state index contributed by atoms with van der Waals surface area (Å²) in [5.74, 6) is -0.802. The summed E-state index contributed by atoms with van der Waals surface area (Å²) in [5, 5.41) is 25.9. The van der Waals surface area contributed by atoms with E-state index in [0.717, 1.165) is 28.9 Å². The van der Waals surface area contributed by atoms with Crippen molar-refractivity contribution in [3.8, 4) is 6.07 Å². The van der Waals surface area contributed by atoms with Crippen LogP contribution in [0.25, 0.3) is 0 Å². The molecule has 28 heavy (non-hydrogen) atoms. The molecule has 1 aliphatic carbocycles. The quantitative estimate of drug-likeness (QED) is 0.672. The van der Waals surface area contributed by atoms with E-state index in [1.165, 1.54) is 0 Å². The minimum Gasteiger partial charge on any atom is -0.480 e. The normalized spacial score (nSPS) is 21.0. The van der Waals surface area contributed by atoms with Crippen LogP contribution in [0.1, 0.15) is 55.8 Å². The number of halogens is 1. The summed E-state index contributed by atoms with van der Waals surface area (Å²) in [7, 11) is 0. The summed E-state index contributed by atoms with van der Waals surface area (Å²) in [4.78, 5) is 11.5. The molecule has 2 aliphatic rings. The Hall–Kier alpha value is -2.71. The Morgan fingerprint density at radius 3 is 2.71 bits per heavy atom. The van der Waals surface area contributed by atoms with Crippen LogP contribution in [0, 0.1) is 11.3 Å². The molecule has 1 aliphatic heterocycles. The SMILES string of the molecule is CC1(C)CC(c2cccc(NC3(C(=O)O)CC3)c2)Nc2c(Cl)cc(C#N)cc21. The zero-order chi connectivity index (χ0) is 20.1. The largest absolute Gasteiger partial charge is 0.480 e. The van der Waals surface area contributed by atoms with Gasteiger partial charge in [0.2, 0.25) is 0 Å². The van der Waals surface area contributed by atoms with E-state index in [2.05, 4.69) is 30.6 Å². The predicted molar refractivity (Wildman–Crippen MR) is 110 cm³/mol. The van der Waals surface area contributed by atoms with Crippen LogP contribution in [-0.2, 0) is 10.2 Å². The molecule has 1 fully saturated rings. The highest BCUT2D eigenvalue weighted by atomic mass is 35.5. The third-order valence-corrected chi connectivity index (χ3v) is 6.11. The van der Waals surface area contributed by atoms with E-state index in [4.69, 9.17) is 11.6 Å². The van der Waals surface area contributed by atoms with Gasteiger partial charge in [0.25, 0.3) is 0 Å². The summed E-state index contributed by atoms with van der Waals surface area (Å²) in [6.45, 7) is 4.31. The highest BCUT2D eigenvalue weighted by molar-refractivity contribution is 6.33. The Morgan fingerprint density at radius 2 is 2.07 bits per heavy atom. The van der Waals surface area contributed by atoms with Crippen molar-refractivity contribution in [2.75, 3.05) is 10.6 Å². The number of carboxylic acid groups (broad SMARTS) is 1. The van der Waals surface area contributed by atoms with E-state index >= 15 is 0 Å². The molecule has 0 amide bonds. The number of nitriles is 1. The number of carboxylic acids is 1. The van der Waals surface area contributed by atoms with Crippen molar-refractivity contribution < 1.29 is 9.90 Å². The fourth-order valence-electron chi connectivity index (χ4n) is 4.03. The minimum atomic E-state index is -0.818. The molecule has 144 valence electrons. The Kier molecular flexibility index (Phi) is 4.28. The van der Waals surface area contributed by atoms with Crippen molar-refractivity contribution in [2.45, 2.75) is 50.1 Å². The lowest BCUT2D eigenvalue weighted by molar-refractivity contribution is -0.138. The Balaban J connectivity index is 1.66. The summed E-state index contributed by atoms with van der Waals surface area (Å²) < 4.78 is 0. The van der Waals surface area contributed by atoms with Gasteiger partial charge in [-0.3, -0.25) is 0 Å². The van der Waals surface area contributed by atoms with Crippen LogP contribution in [0.15, 0.2) is 36.4 Å². The van der Waals surface area contributed by atoms with Crippen LogP contribution in [0.5, 0.6) is 0 Å². The number of anilines is 2. The standard InChI is InChI=1S/C22H22ClN3O2/c1-21(2)11-18(25-19-16(21)8-13(12-24)9-17(19)23)14-4-3-5-15(10-14)26-22(6-7-22)20(27)28/h3-5,8-10,18,25-26H,6-7,11H2,1-2H3,(H,27,28). The third kappa shape index (κ3) is 3.18. The van der Waals surface area contributed by atoms with Crippen LogP contribution in [0.4, 0.5) is 11.4 Å². The molecule has 4 rings (SSSR count). The predicted octanol–water partition coefficient (Wildman–Crippen LogP) is 5.08. The van der Waals surface area contributed by atoms with Gasteiger partial charge >= 0.3 is 5.97 Å². The molecular formula is C22H22ClN3O2. The number of carbonyl (C=O) groups is 1. The van der Waals surface area contributed by atoms with Crippen molar-refractivity contribution in [3.63, 3.8) is 0 Å². The number of aliphatic carboxylic acids is 1. The van der Waals surface area contributed by atoms with Crippen LogP contribution in [0.3, 0.4) is 0 Å². The van der Waals surface area contributed by atoms with Gasteiger partial charge in [-0.15, -0.1) is 0 Å². The fourth-order valence-corrected chi connectivity index (χ4v) is 4.30. The number of hydrogen-bond donors (Lipinski definition) is 3. The zero-order valence-corrected chi connectivity index (χ0v) is 16.6. The van der Waals surface area contributed by atoms with Gasteiger partial charge in [0.1, 0.15) is 5.54 Å². The van der Waals surface area contributed by atoms with E-state index in [-0.39, 0.29) is 11.5 Å². The number of hydrogen-bond acceptors (Lipinski definition) is 4. The highest BCUT2D eigenvalue weighted by Gasteiger charge is 2.50. The number of nitrogens with one attached hydrogen (secondary N) is 2. The molecule has 2 aromatic rings. The molecule has 0 radical (unpaired) electrons. The highest BCUT2D eigenvalue weighted by Crippen LogP contribution is 2.47. The minimum absolute atomic E-state index is 0.0367. The van der Waals surface area contributed by atoms with Gasteiger partial charge in [-0.25, -0.2) is 4.79 Å². The van der Waals surface area contributed by atoms with Crippen molar-refractivity contribution in [2.24, 2.45) is 0 Å². The lowest BCUT2D eigenvalue weighted by Gasteiger charge is -2.39. The molecule has 1 unspecified atom stereocenters. The molecule has 2 aromatic carbocycles. The maximum atomic E-state index is 11.5. The topological polar surface area (TPSA) is 85.2 Å². The smallest absolute Gasteiger partial charge is 0.329 e. The van der Waals surface area contributed by atoms with E-state index in [1.807, 2.05) is 30.3 Å². The van der Waals surface area contributed by atoms with E-state index < -0.39 is 11.5 Å². The average Bonchev–Trinajstić information content (AvgIpc) is 3.43. The molecule has 0 saturated heterocycles. The van der Waals surface area contributed by atoms with E-state index in [1.54, 1.807) is 6.07 Å². The first-order valence-corrected chi connectivity index (χ1v) is 9.74. The van der Waals surface area contributed by atoms with Gasteiger partial charge in [0.05, 0.1) is 28.4 Å². The van der Waals surface area contributed by atoms with E-state index in [9.17, 15) is 15.2 Å². The van der Waals surface area contributed by atoms with Crippen LogP contribution >= 0.6 is 11.6 Å². The number of benzene rings is 2. The van der Waals surface area contributed by atoms with Gasteiger partial charge < -0.3 is 15.7 Å². The monoisotopic (exact) mass is 395 g/mol. The van der Waals surface area contributed by atoms with Gasteiger partial charge in [0.15, 0.2) is 0 Å². The van der Waals surface area contributed by atoms with Gasteiger partial charge in [-0.2, -0.15) is 5.26 Å². The maximum Gasteiger partial charge on any atom is 0.329 e. The van der Waals surface area contributed by atoms with Crippen molar-refractivity contribution in [1.29, 1.82) is 5.26 Å². The molecule has 0 bridgehead atoms. The second-order valence-electron chi connectivity index (χ2n) is 8.42. The maximum absolute atomic E-state index is 11.5. The number of nitrogens with zero attached hydrogens (tertiary/aromatic N) is 1. The average molecular weight is 396 g/mol. The molecule has 1 saturated carbocycles. The lowest BCUT2D eigenvalue weighted by Crippen LogP contribution is -2.32.